The van der Waals surface area contributed by atoms with Crippen molar-refractivity contribution in [1.82, 2.24) is 15.2 Å². The summed E-state index contributed by atoms with van der Waals surface area (Å²) >= 11 is 0. The van der Waals surface area contributed by atoms with Crippen molar-refractivity contribution in [3.63, 3.8) is 0 Å². The molecule has 0 amide bonds. The third kappa shape index (κ3) is 2.14. The fourth-order valence-corrected chi connectivity index (χ4v) is 1.25. The van der Waals surface area contributed by atoms with Gasteiger partial charge in [0.1, 0.15) is 11.9 Å². The van der Waals surface area contributed by atoms with Gasteiger partial charge in [-0.05, 0) is 22.0 Å². The van der Waals surface area contributed by atoms with Crippen LogP contribution in [-0.2, 0) is 6.54 Å². The van der Waals surface area contributed by atoms with Crippen molar-refractivity contribution < 1.29 is 4.92 Å². The van der Waals surface area contributed by atoms with Gasteiger partial charge in [0, 0.05) is 18.3 Å². The van der Waals surface area contributed by atoms with Crippen LogP contribution in [0.5, 0.6) is 0 Å². The van der Waals surface area contributed by atoms with Gasteiger partial charge in [-0.15, -0.1) is 0 Å². The Bertz CT molecular complexity index is 482. The Balaban J connectivity index is 2.12. The molecule has 0 saturated heterocycles. The van der Waals surface area contributed by atoms with Gasteiger partial charge in [0.2, 0.25) is 0 Å². The number of anilines is 1. The van der Waals surface area contributed by atoms with E-state index in [1.165, 1.54) is 6.20 Å². The Kier molecular flexibility index (Phi) is 2.77. The number of aromatic amines is 1. The third-order valence-corrected chi connectivity index (χ3v) is 2.00. The number of rotatable bonds is 4. The quantitative estimate of drug-likeness (QED) is 0.597. The van der Waals surface area contributed by atoms with E-state index in [2.05, 4.69) is 20.5 Å². The lowest BCUT2D eigenvalue weighted by molar-refractivity contribution is -0.388. The molecule has 0 aliphatic rings. The van der Waals surface area contributed by atoms with Gasteiger partial charge in [-0.3, -0.25) is 5.10 Å². The maximum atomic E-state index is 10.7. The number of nitro groups is 1. The van der Waals surface area contributed by atoms with Crippen LogP contribution >= 0.6 is 0 Å². The molecule has 0 bridgehead atoms. The molecule has 16 heavy (non-hydrogen) atoms. The van der Waals surface area contributed by atoms with Crippen molar-refractivity contribution in [3.05, 3.63) is 46.4 Å². The summed E-state index contributed by atoms with van der Waals surface area (Å²) < 4.78 is 0. The second-order valence-electron chi connectivity index (χ2n) is 3.09. The van der Waals surface area contributed by atoms with Crippen LogP contribution < -0.4 is 5.32 Å². The van der Waals surface area contributed by atoms with E-state index in [1.54, 1.807) is 24.5 Å². The second-order valence-corrected chi connectivity index (χ2v) is 3.09. The van der Waals surface area contributed by atoms with E-state index in [0.717, 1.165) is 5.56 Å². The highest BCUT2D eigenvalue weighted by Crippen LogP contribution is 2.20. The zero-order valence-corrected chi connectivity index (χ0v) is 8.25. The van der Waals surface area contributed by atoms with Crippen molar-refractivity contribution in [2.45, 2.75) is 6.54 Å². The van der Waals surface area contributed by atoms with E-state index >= 15 is 0 Å². The number of hydrogen-bond acceptors (Lipinski definition) is 5. The molecule has 0 radical (unpaired) electrons. The highest BCUT2D eigenvalue weighted by atomic mass is 16.6. The van der Waals surface area contributed by atoms with E-state index in [1.807, 2.05) is 0 Å². The van der Waals surface area contributed by atoms with E-state index in [9.17, 15) is 10.1 Å². The van der Waals surface area contributed by atoms with Crippen LogP contribution in [0.2, 0.25) is 0 Å². The van der Waals surface area contributed by atoms with Gasteiger partial charge in [-0.1, -0.05) is 0 Å². The maximum Gasteiger partial charge on any atom is 0.386 e. The minimum Gasteiger partial charge on any atom is -0.374 e. The summed E-state index contributed by atoms with van der Waals surface area (Å²) in [6.07, 6.45) is 4.76. The van der Waals surface area contributed by atoms with Crippen molar-refractivity contribution in [2.24, 2.45) is 0 Å². The molecular formula is C9H9N5O2. The van der Waals surface area contributed by atoms with Gasteiger partial charge in [0.05, 0.1) is 6.20 Å². The molecule has 0 aliphatic heterocycles. The molecular weight excluding hydrogens is 210 g/mol. The topological polar surface area (TPSA) is 96.7 Å². The molecule has 2 N–H and O–H groups in total. The predicted octanol–water partition coefficient (Wildman–Crippen LogP) is 1.32. The van der Waals surface area contributed by atoms with Crippen molar-refractivity contribution in [2.75, 3.05) is 5.32 Å². The molecule has 0 saturated carbocycles. The van der Waals surface area contributed by atoms with Crippen molar-refractivity contribution in [1.29, 1.82) is 0 Å². The number of aromatic nitrogens is 3. The van der Waals surface area contributed by atoms with Gasteiger partial charge in [-0.2, -0.15) is 5.10 Å². The van der Waals surface area contributed by atoms with Crippen molar-refractivity contribution in [3.8, 4) is 0 Å². The molecule has 0 aromatic carbocycles. The summed E-state index contributed by atoms with van der Waals surface area (Å²) in [5, 5.41) is 20.0. The van der Waals surface area contributed by atoms with Crippen molar-refractivity contribution >= 4 is 11.5 Å². The summed E-state index contributed by atoms with van der Waals surface area (Å²) in [5.74, 6) is -0.175. The Morgan fingerprint density at radius 3 is 3.12 bits per heavy atom. The highest BCUT2D eigenvalue weighted by Gasteiger charge is 2.13. The fraction of sp³-hybridized carbons (Fsp3) is 0.111. The zero-order chi connectivity index (χ0) is 11.4. The molecule has 2 heterocycles. The standard InChI is InChI=1S/C9H9N5O2/c15-14(16)9-8(2-1-3-10-9)11-4-7-5-12-13-6-7/h1-3,5-6,11H,4H2,(H,12,13). The zero-order valence-electron chi connectivity index (χ0n) is 8.25. The fourth-order valence-electron chi connectivity index (χ4n) is 1.25. The van der Waals surface area contributed by atoms with Crippen LogP contribution in [0.25, 0.3) is 0 Å². The van der Waals surface area contributed by atoms with Gasteiger partial charge in [0.25, 0.3) is 0 Å². The van der Waals surface area contributed by atoms with E-state index in [0.29, 0.717) is 12.2 Å². The van der Waals surface area contributed by atoms with Crippen LogP contribution in [0, 0.1) is 10.1 Å². The Morgan fingerprint density at radius 2 is 2.44 bits per heavy atom. The third-order valence-electron chi connectivity index (χ3n) is 2.00. The minimum absolute atomic E-state index is 0.175. The summed E-state index contributed by atoms with van der Waals surface area (Å²) in [6.45, 7) is 0.461. The largest absolute Gasteiger partial charge is 0.386 e. The summed E-state index contributed by atoms with van der Waals surface area (Å²) in [5.41, 5.74) is 1.31. The number of H-pyrrole nitrogens is 1. The first kappa shape index (κ1) is 10.1. The molecule has 0 aliphatic carbocycles. The second kappa shape index (κ2) is 4.39. The highest BCUT2D eigenvalue weighted by molar-refractivity contribution is 5.56. The Morgan fingerprint density at radius 1 is 1.56 bits per heavy atom. The molecule has 82 valence electrons. The molecule has 0 fully saturated rings. The molecule has 2 aromatic rings. The number of nitrogens with zero attached hydrogens (tertiary/aromatic N) is 3. The van der Waals surface area contributed by atoms with E-state index in [-0.39, 0.29) is 5.82 Å². The predicted molar refractivity (Wildman–Crippen MR) is 56.8 cm³/mol. The summed E-state index contributed by atoms with van der Waals surface area (Å²) in [6, 6.07) is 3.26. The van der Waals surface area contributed by atoms with Crippen LogP contribution in [0.15, 0.2) is 30.7 Å². The van der Waals surface area contributed by atoms with E-state index in [4.69, 9.17) is 0 Å². The molecule has 2 aromatic heterocycles. The smallest absolute Gasteiger partial charge is 0.374 e. The molecule has 0 atom stereocenters. The Hall–Kier alpha value is -2.44. The normalized spacial score (nSPS) is 10.0. The van der Waals surface area contributed by atoms with Crippen LogP contribution in [0.1, 0.15) is 5.56 Å². The average molecular weight is 219 g/mol. The lowest BCUT2D eigenvalue weighted by Gasteiger charge is -2.04. The van der Waals surface area contributed by atoms with Crippen LogP contribution in [0.4, 0.5) is 11.5 Å². The Labute approximate surface area is 90.7 Å². The lowest BCUT2D eigenvalue weighted by atomic mass is 10.3. The van der Waals surface area contributed by atoms with Gasteiger partial charge in [-0.25, -0.2) is 0 Å². The molecule has 0 unspecified atom stereocenters. The first-order valence-corrected chi connectivity index (χ1v) is 4.58. The van der Waals surface area contributed by atoms with Crippen LogP contribution in [-0.4, -0.2) is 20.1 Å². The van der Waals surface area contributed by atoms with E-state index < -0.39 is 4.92 Å². The SMILES string of the molecule is O=[N+]([O-])c1ncccc1NCc1cn[nH]c1. The molecule has 7 heteroatoms. The number of hydrogen-bond donors (Lipinski definition) is 2. The van der Waals surface area contributed by atoms with Gasteiger partial charge >= 0.3 is 5.82 Å². The molecule has 2 rings (SSSR count). The molecule has 7 nitrogen and oxygen atoms in total. The van der Waals surface area contributed by atoms with Gasteiger partial charge in [0.15, 0.2) is 0 Å². The lowest BCUT2D eigenvalue weighted by Crippen LogP contribution is -2.03. The number of pyridine rings is 1. The monoisotopic (exact) mass is 219 g/mol. The molecule has 0 spiro atoms. The first-order valence-electron chi connectivity index (χ1n) is 4.58. The average Bonchev–Trinajstić information content (AvgIpc) is 2.79. The van der Waals surface area contributed by atoms with Gasteiger partial charge < -0.3 is 15.4 Å². The summed E-state index contributed by atoms with van der Waals surface area (Å²) in [4.78, 5) is 13.8. The maximum absolute atomic E-state index is 10.7. The number of nitrogens with one attached hydrogen (secondary N) is 2. The first-order chi connectivity index (χ1) is 7.77. The van der Waals surface area contributed by atoms with Crippen LogP contribution in [0.3, 0.4) is 0 Å². The minimum atomic E-state index is -0.516. The summed E-state index contributed by atoms with van der Waals surface area (Å²) in [7, 11) is 0.